The molecule has 0 aliphatic heterocycles. The highest BCUT2D eigenvalue weighted by atomic mass is 16.4. The monoisotopic (exact) mass is 295 g/mol. The second-order valence-electron chi connectivity index (χ2n) is 5.19. The number of unbranched alkanes of at least 4 members (excludes halogenated alkanes) is 1. The van der Waals surface area contributed by atoms with E-state index in [4.69, 9.17) is 5.11 Å². The van der Waals surface area contributed by atoms with Crippen LogP contribution >= 0.6 is 0 Å². The number of amides is 1. The van der Waals surface area contributed by atoms with Crippen molar-refractivity contribution in [1.29, 1.82) is 0 Å². The third-order valence-corrected chi connectivity index (χ3v) is 3.55. The number of nitrogens with one attached hydrogen (secondary N) is 1. The number of aryl methyl sites for hydroxylation is 1. The van der Waals surface area contributed by atoms with E-state index in [0.29, 0.717) is 31.1 Å². The smallest absolute Gasteiger partial charge is 0.303 e. The van der Waals surface area contributed by atoms with Gasteiger partial charge in [0.15, 0.2) is 0 Å². The first-order valence-corrected chi connectivity index (χ1v) is 7.55. The van der Waals surface area contributed by atoms with Gasteiger partial charge in [-0.2, -0.15) is 5.10 Å². The van der Waals surface area contributed by atoms with Gasteiger partial charge in [-0.1, -0.05) is 13.8 Å². The zero-order valence-electron chi connectivity index (χ0n) is 13.1. The van der Waals surface area contributed by atoms with Crippen molar-refractivity contribution in [1.82, 2.24) is 15.1 Å². The second kappa shape index (κ2) is 8.44. The van der Waals surface area contributed by atoms with Crippen LogP contribution in [0.2, 0.25) is 0 Å². The zero-order chi connectivity index (χ0) is 15.8. The Kier molecular flexibility index (Phi) is 6.91. The number of nitrogens with zero attached hydrogens (tertiary/aromatic N) is 2. The van der Waals surface area contributed by atoms with Gasteiger partial charge in [0, 0.05) is 18.7 Å². The van der Waals surface area contributed by atoms with Crippen LogP contribution in [0.5, 0.6) is 0 Å². The summed E-state index contributed by atoms with van der Waals surface area (Å²) >= 11 is 0. The number of carboxylic acid groups (broad SMARTS) is 1. The van der Waals surface area contributed by atoms with Crippen molar-refractivity contribution in [2.75, 3.05) is 6.54 Å². The van der Waals surface area contributed by atoms with Crippen molar-refractivity contribution in [3.63, 3.8) is 0 Å². The molecule has 21 heavy (non-hydrogen) atoms. The Labute approximate surface area is 125 Å². The summed E-state index contributed by atoms with van der Waals surface area (Å²) in [6.07, 6.45) is 3.32. The summed E-state index contributed by atoms with van der Waals surface area (Å²) in [7, 11) is 0. The van der Waals surface area contributed by atoms with Gasteiger partial charge in [-0.25, -0.2) is 0 Å². The van der Waals surface area contributed by atoms with Crippen LogP contribution in [0.15, 0.2) is 6.07 Å². The van der Waals surface area contributed by atoms with E-state index in [-0.39, 0.29) is 12.3 Å². The fourth-order valence-electron chi connectivity index (χ4n) is 2.30. The molecule has 0 saturated heterocycles. The average molecular weight is 295 g/mol. The van der Waals surface area contributed by atoms with Gasteiger partial charge in [-0.3, -0.25) is 14.3 Å². The van der Waals surface area contributed by atoms with Crippen molar-refractivity contribution >= 4 is 11.9 Å². The van der Waals surface area contributed by atoms with Crippen LogP contribution in [0.25, 0.3) is 0 Å². The molecule has 0 radical (unpaired) electrons. The van der Waals surface area contributed by atoms with E-state index in [1.165, 1.54) is 0 Å². The molecule has 0 fully saturated rings. The molecular weight excluding hydrogens is 270 g/mol. The second-order valence-corrected chi connectivity index (χ2v) is 5.19. The minimum absolute atomic E-state index is 0.137. The van der Waals surface area contributed by atoms with Crippen LogP contribution in [-0.4, -0.2) is 33.3 Å². The van der Waals surface area contributed by atoms with Gasteiger partial charge >= 0.3 is 5.97 Å². The third-order valence-electron chi connectivity index (χ3n) is 3.55. The number of hydrogen-bond donors (Lipinski definition) is 2. The highest BCUT2D eigenvalue weighted by Gasteiger charge is 2.15. The normalized spacial score (nSPS) is 10.9. The maximum Gasteiger partial charge on any atom is 0.303 e. The molecule has 1 amide bonds. The van der Waals surface area contributed by atoms with E-state index < -0.39 is 5.97 Å². The topological polar surface area (TPSA) is 84.2 Å². The van der Waals surface area contributed by atoms with Crippen molar-refractivity contribution in [2.24, 2.45) is 0 Å². The first-order chi connectivity index (χ1) is 9.99. The molecule has 0 saturated carbocycles. The van der Waals surface area contributed by atoms with E-state index in [1.807, 2.05) is 11.6 Å². The Morgan fingerprint density at radius 2 is 2.00 bits per heavy atom. The van der Waals surface area contributed by atoms with E-state index in [2.05, 4.69) is 24.3 Å². The number of aliphatic carboxylic acids is 1. The number of rotatable bonds is 9. The summed E-state index contributed by atoms with van der Waals surface area (Å²) in [6, 6.07) is 2.12. The predicted molar refractivity (Wildman–Crippen MR) is 80.4 cm³/mol. The molecule has 6 heteroatoms. The van der Waals surface area contributed by atoms with Gasteiger partial charge < -0.3 is 10.4 Å². The van der Waals surface area contributed by atoms with Crippen molar-refractivity contribution in [3.8, 4) is 0 Å². The van der Waals surface area contributed by atoms with Gasteiger partial charge in [0.05, 0.1) is 6.04 Å². The summed E-state index contributed by atoms with van der Waals surface area (Å²) in [6.45, 7) is 6.65. The van der Waals surface area contributed by atoms with Gasteiger partial charge in [0.1, 0.15) is 5.69 Å². The van der Waals surface area contributed by atoms with Crippen LogP contribution in [0.1, 0.15) is 68.2 Å². The molecule has 0 bridgehead atoms. The summed E-state index contributed by atoms with van der Waals surface area (Å²) in [5.41, 5.74) is 1.41. The quantitative estimate of drug-likeness (QED) is 0.686. The Morgan fingerprint density at radius 3 is 2.57 bits per heavy atom. The fourth-order valence-corrected chi connectivity index (χ4v) is 2.30. The lowest BCUT2D eigenvalue weighted by Crippen LogP contribution is -2.25. The molecule has 1 aromatic heterocycles. The minimum atomic E-state index is -0.805. The molecule has 0 aromatic carbocycles. The van der Waals surface area contributed by atoms with Gasteiger partial charge in [-0.05, 0) is 38.7 Å². The molecule has 6 nitrogen and oxygen atoms in total. The van der Waals surface area contributed by atoms with Gasteiger partial charge in [0.2, 0.25) is 0 Å². The molecule has 0 spiro atoms. The van der Waals surface area contributed by atoms with E-state index in [0.717, 1.165) is 18.5 Å². The van der Waals surface area contributed by atoms with Crippen molar-refractivity contribution < 1.29 is 14.7 Å². The van der Waals surface area contributed by atoms with Crippen molar-refractivity contribution in [3.05, 3.63) is 17.5 Å². The van der Waals surface area contributed by atoms with Crippen LogP contribution in [0.3, 0.4) is 0 Å². The molecule has 2 N–H and O–H groups in total. The lowest BCUT2D eigenvalue weighted by molar-refractivity contribution is -0.137. The number of carbonyl (C=O) groups excluding carboxylic acids is 1. The lowest BCUT2D eigenvalue weighted by Gasteiger charge is -2.14. The maximum absolute atomic E-state index is 12.0. The molecule has 0 atom stereocenters. The molecular formula is C15H25N3O3. The highest BCUT2D eigenvalue weighted by Crippen LogP contribution is 2.17. The maximum atomic E-state index is 12.0. The molecule has 0 unspecified atom stereocenters. The first-order valence-electron chi connectivity index (χ1n) is 7.55. The molecule has 0 aliphatic rings. The summed E-state index contributed by atoms with van der Waals surface area (Å²) in [5, 5.41) is 15.7. The molecule has 118 valence electrons. The van der Waals surface area contributed by atoms with Crippen LogP contribution < -0.4 is 5.32 Å². The molecule has 1 aromatic rings. The zero-order valence-corrected chi connectivity index (χ0v) is 13.1. The number of carboxylic acids is 1. The van der Waals surface area contributed by atoms with Gasteiger partial charge in [0.25, 0.3) is 5.91 Å². The number of hydrogen-bond acceptors (Lipinski definition) is 3. The van der Waals surface area contributed by atoms with E-state index in [9.17, 15) is 9.59 Å². The minimum Gasteiger partial charge on any atom is -0.481 e. The summed E-state index contributed by atoms with van der Waals surface area (Å²) in [4.78, 5) is 22.4. The Bertz CT molecular complexity index is 479. The number of aromatic nitrogens is 2. The molecule has 0 aliphatic carbocycles. The summed E-state index contributed by atoms with van der Waals surface area (Å²) < 4.78 is 1.92. The van der Waals surface area contributed by atoms with Crippen molar-refractivity contribution in [2.45, 2.75) is 58.9 Å². The summed E-state index contributed by atoms with van der Waals surface area (Å²) in [5.74, 6) is -1.00. The van der Waals surface area contributed by atoms with Crippen LogP contribution in [0.4, 0.5) is 0 Å². The number of carbonyl (C=O) groups is 2. The first kappa shape index (κ1) is 17.2. The molecule has 1 rings (SSSR count). The highest BCUT2D eigenvalue weighted by molar-refractivity contribution is 5.92. The SMILES string of the molecule is CCC(CC)n1nc(C(=O)NCCCCC(=O)O)cc1C. The Morgan fingerprint density at radius 1 is 1.33 bits per heavy atom. The third kappa shape index (κ3) is 5.21. The fraction of sp³-hybridized carbons (Fsp3) is 0.667. The Balaban J connectivity index is 2.51. The average Bonchev–Trinajstić information content (AvgIpc) is 2.82. The molecule has 1 heterocycles. The predicted octanol–water partition coefficient (Wildman–Crippen LogP) is 2.54. The lowest BCUT2D eigenvalue weighted by atomic mass is 10.2. The van der Waals surface area contributed by atoms with Crippen LogP contribution in [-0.2, 0) is 4.79 Å². The Hall–Kier alpha value is -1.85. The van der Waals surface area contributed by atoms with E-state index in [1.54, 1.807) is 6.07 Å². The standard InChI is InChI=1S/C15H25N3O3/c1-4-12(5-2)18-11(3)10-13(17-18)15(21)16-9-7-6-8-14(19)20/h10,12H,4-9H2,1-3H3,(H,16,21)(H,19,20). The van der Waals surface area contributed by atoms with E-state index >= 15 is 0 Å². The van der Waals surface area contributed by atoms with Gasteiger partial charge in [-0.15, -0.1) is 0 Å². The van der Waals surface area contributed by atoms with Crippen LogP contribution in [0, 0.1) is 6.92 Å². The largest absolute Gasteiger partial charge is 0.481 e.